The molecule has 20 aromatic rings. The molecule has 0 atom stereocenters. The molecule has 104 heavy (non-hydrogen) atoms. The predicted molar refractivity (Wildman–Crippen MR) is 429 cm³/mol. The summed E-state index contributed by atoms with van der Waals surface area (Å²) in [6.45, 7) is 0. The Morgan fingerprint density at radius 3 is 1.04 bits per heavy atom. The van der Waals surface area contributed by atoms with Gasteiger partial charge in [-0.3, -0.25) is 9.97 Å². The lowest BCUT2D eigenvalue weighted by Crippen LogP contribution is -2.02. The van der Waals surface area contributed by atoms with Gasteiger partial charge in [0.1, 0.15) is 0 Å². The molecule has 4 heterocycles. The summed E-state index contributed by atoms with van der Waals surface area (Å²) in [6.07, 6.45) is 7.56. The molecule has 0 N–H and O–H groups in total. The average Bonchev–Trinajstić information content (AvgIpc) is 0.720. The maximum Gasteiger partial charge on any atom is 0.164 e. The summed E-state index contributed by atoms with van der Waals surface area (Å²) >= 11 is 0. The number of hydrogen-bond acceptors (Lipinski definition) is 8. The molecular weight excluding hydrogens is 1270 g/mol. The second-order valence-electron chi connectivity index (χ2n) is 26.4. The molecule has 482 valence electrons. The number of aromatic nitrogens is 8. The summed E-state index contributed by atoms with van der Waals surface area (Å²) in [5, 5.41) is 18.9. The van der Waals surface area contributed by atoms with Crippen LogP contribution in [0.15, 0.2) is 352 Å². The Morgan fingerprint density at radius 2 is 0.510 bits per heavy atom. The molecule has 0 aliphatic carbocycles. The first-order valence-corrected chi connectivity index (χ1v) is 35.0. The Labute approximate surface area is 598 Å². The fourth-order valence-corrected chi connectivity index (χ4v) is 15.8. The molecule has 0 spiro atoms. The molecule has 8 heteroatoms. The van der Waals surface area contributed by atoms with Crippen molar-refractivity contribution >= 4 is 86.2 Å². The first-order valence-electron chi connectivity index (χ1n) is 35.0. The van der Waals surface area contributed by atoms with Crippen molar-refractivity contribution in [3.05, 3.63) is 352 Å². The van der Waals surface area contributed by atoms with Crippen LogP contribution < -0.4 is 0 Å². The third-order valence-corrected chi connectivity index (χ3v) is 20.5. The van der Waals surface area contributed by atoms with Crippen molar-refractivity contribution in [3.63, 3.8) is 0 Å². The van der Waals surface area contributed by atoms with Gasteiger partial charge in [-0.25, -0.2) is 29.9 Å². The highest BCUT2D eigenvalue weighted by Gasteiger charge is 2.25. The monoisotopic (exact) mass is 1320 g/mol. The molecule has 0 aliphatic heterocycles. The third-order valence-electron chi connectivity index (χ3n) is 20.5. The lowest BCUT2D eigenvalue weighted by atomic mass is 9.84. The SMILES string of the molecule is c1ccc(-c2nc(-c3ccccc3)nc(-c3ccc(-c4cccnc4)c(-c4cc5c6ccc(-c7cccc(-c8nc(-c9ccccc9)nc(-c9cccc(-c%10cc%11c%12ccccc%12c%12ccccc%12c%11c%11ccccc%10%11)c9-c9cccnc9)n8)c7)cc6c6ccccc6c5c5ccccc45)c3)n2)cc1. The lowest BCUT2D eigenvalue weighted by Gasteiger charge is -2.20. The zero-order chi connectivity index (χ0) is 68.6. The molecule has 0 radical (unpaired) electrons. The maximum absolute atomic E-state index is 5.55. The molecule has 0 fully saturated rings. The van der Waals surface area contributed by atoms with E-state index in [1.807, 2.05) is 116 Å². The van der Waals surface area contributed by atoms with Gasteiger partial charge >= 0.3 is 0 Å². The Hall–Kier alpha value is -14.1. The first-order chi connectivity index (χ1) is 51.6. The highest BCUT2D eigenvalue weighted by Crippen LogP contribution is 2.50. The van der Waals surface area contributed by atoms with Crippen LogP contribution in [0.5, 0.6) is 0 Å². The fourth-order valence-electron chi connectivity index (χ4n) is 15.8. The topological polar surface area (TPSA) is 103 Å². The van der Waals surface area contributed by atoms with E-state index in [1.165, 1.54) is 53.9 Å². The van der Waals surface area contributed by atoms with Gasteiger partial charge in [0.25, 0.3) is 0 Å². The zero-order valence-electron chi connectivity index (χ0n) is 56.1. The van der Waals surface area contributed by atoms with Crippen LogP contribution in [0, 0.1) is 0 Å². The second-order valence-corrected chi connectivity index (χ2v) is 26.4. The van der Waals surface area contributed by atoms with Crippen LogP contribution in [0.4, 0.5) is 0 Å². The van der Waals surface area contributed by atoms with Crippen molar-refractivity contribution in [2.75, 3.05) is 0 Å². The van der Waals surface area contributed by atoms with E-state index in [-0.39, 0.29) is 0 Å². The van der Waals surface area contributed by atoms with Crippen molar-refractivity contribution < 1.29 is 0 Å². The number of pyridine rings is 2. The fraction of sp³-hybridized carbons (Fsp3) is 0. The quantitative estimate of drug-likeness (QED) is 0.118. The smallest absolute Gasteiger partial charge is 0.164 e. The summed E-state index contributed by atoms with van der Waals surface area (Å²) < 4.78 is 0. The number of nitrogens with zero attached hydrogens (tertiary/aromatic N) is 8. The highest BCUT2D eigenvalue weighted by atomic mass is 15.0. The minimum atomic E-state index is 0.553. The first kappa shape index (κ1) is 59.9. The van der Waals surface area contributed by atoms with Gasteiger partial charge in [0.15, 0.2) is 34.9 Å². The Bertz CT molecular complexity index is 6770. The number of hydrogen-bond donors (Lipinski definition) is 0. The molecule has 4 aromatic heterocycles. The number of fused-ring (bicyclic) bond motifs is 16. The van der Waals surface area contributed by atoms with E-state index in [2.05, 4.69) is 242 Å². The second kappa shape index (κ2) is 25.0. The Balaban J connectivity index is 0.754. The number of rotatable bonds is 11. The van der Waals surface area contributed by atoms with Gasteiger partial charge < -0.3 is 0 Å². The average molecular weight is 1320 g/mol. The van der Waals surface area contributed by atoms with Crippen molar-refractivity contribution in [2.24, 2.45) is 0 Å². The van der Waals surface area contributed by atoms with Crippen LogP contribution in [0.25, 0.3) is 210 Å². The van der Waals surface area contributed by atoms with Crippen LogP contribution >= 0.6 is 0 Å². The van der Waals surface area contributed by atoms with Gasteiger partial charge in [-0.1, -0.05) is 285 Å². The molecule has 16 aromatic carbocycles. The van der Waals surface area contributed by atoms with E-state index < -0.39 is 0 Å². The van der Waals surface area contributed by atoms with E-state index >= 15 is 0 Å². The standard InChI is InChI=1S/C96H58N8/c1-4-24-59(25-5-1)91-99-92(60-26-6-2-7-27-60)101-95(100-91)65-47-48-68(66-32-22-50-97-57-66)82(54-65)85-56-87-75-49-46-63(53-83(75)72-37-13-17-41-77(72)90(87)79-43-19-15-39-74(79)85)62-30-20-31-64(52-62)94-102-93(61-28-8-3-9-29-61)103-96(104-94)81-45-21-44-80(88(81)67-33-23-51-98-58-67)84-55-86-71-36-11-10-34-69(71)70-35-12-16-40-76(70)89(86)78-42-18-14-38-73(78)84/h1-58H. The normalized spacial score (nSPS) is 11.7. The van der Waals surface area contributed by atoms with Gasteiger partial charge in [-0.05, 0) is 168 Å². The summed E-state index contributed by atoms with van der Waals surface area (Å²) in [5.41, 5.74) is 15.6. The minimum absolute atomic E-state index is 0.553. The van der Waals surface area contributed by atoms with Crippen molar-refractivity contribution in [3.8, 4) is 124 Å². The molecule has 0 bridgehead atoms. The zero-order valence-corrected chi connectivity index (χ0v) is 56.1. The van der Waals surface area contributed by atoms with Crippen LogP contribution in [-0.4, -0.2) is 39.9 Å². The van der Waals surface area contributed by atoms with Crippen LogP contribution in [0.2, 0.25) is 0 Å². The van der Waals surface area contributed by atoms with E-state index in [4.69, 9.17) is 34.9 Å². The molecule has 0 amide bonds. The van der Waals surface area contributed by atoms with Crippen molar-refractivity contribution in [2.45, 2.75) is 0 Å². The maximum atomic E-state index is 5.55. The minimum Gasteiger partial charge on any atom is -0.264 e. The molecule has 8 nitrogen and oxygen atoms in total. The van der Waals surface area contributed by atoms with Crippen molar-refractivity contribution in [1.82, 2.24) is 39.9 Å². The van der Waals surface area contributed by atoms with E-state index in [0.717, 1.165) is 121 Å². The van der Waals surface area contributed by atoms with Crippen molar-refractivity contribution in [1.29, 1.82) is 0 Å². The molecule has 0 aliphatic rings. The summed E-state index contributed by atoms with van der Waals surface area (Å²) in [7, 11) is 0. The van der Waals surface area contributed by atoms with Gasteiger partial charge in [0, 0.05) is 74.9 Å². The van der Waals surface area contributed by atoms with Gasteiger partial charge in [0.05, 0.1) is 0 Å². The highest BCUT2D eigenvalue weighted by molar-refractivity contribution is 6.35. The molecular formula is C96H58N8. The van der Waals surface area contributed by atoms with Gasteiger partial charge in [0.2, 0.25) is 0 Å². The van der Waals surface area contributed by atoms with E-state index in [9.17, 15) is 0 Å². The summed E-state index contributed by atoms with van der Waals surface area (Å²) in [6, 6.07) is 116. The van der Waals surface area contributed by atoms with Gasteiger partial charge in [-0.15, -0.1) is 0 Å². The van der Waals surface area contributed by atoms with E-state index in [1.54, 1.807) is 0 Å². The van der Waals surface area contributed by atoms with E-state index in [0.29, 0.717) is 34.9 Å². The Kier molecular flexibility index (Phi) is 14.4. The van der Waals surface area contributed by atoms with Gasteiger partial charge in [-0.2, -0.15) is 0 Å². The van der Waals surface area contributed by atoms with Crippen LogP contribution in [0.3, 0.4) is 0 Å². The molecule has 0 unspecified atom stereocenters. The van der Waals surface area contributed by atoms with Crippen LogP contribution in [0.1, 0.15) is 0 Å². The lowest BCUT2D eigenvalue weighted by molar-refractivity contribution is 1.07. The summed E-state index contributed by atoms with van der Waals surface area (Å²) in [4.78, 5) is 41.2. The number of benzene rings is 16. The van der Waals surface area contributed by atoms with Crippen LogP contribution in [-0.2, 0) is 0 Å². The summed E-state index contributed by atoms with van der Waals surface area (Å²) in [5.74, 6) is 3.47. The predicted octanol–water partition coefficient (Wildman–Crippen LogP) is 24.4. The third kappa shape index (κ3) is 10.2. The largest absolute Gasteiger partial charge is 0.264 e. The molecule has 0 saturated carbocycles. The Morgan fingerprint density at radius 1 is 0.154 bits per heavy atom. The molecule has 0 saturated heterocycles. The molecule has 20 rings (SSSR count).